The molecule has 1 saturated carbocycles. The van der Waals surface area contributed by atoms with Crippen LogP contribution in [0.15, 0.2) is 48.5 Å². The summed E-state index contributed by atoms with van der Waals surface area (Å²) in [5.74, 6) is 3.33. The third-order valence-corrected chi connectivity index (χ3v) is 9.37. The molecule has 0 amide bonds. The van der Waals surface area contributed by atoms with E-state index in [0.717, 1.165) is 11.5 Å². The van der Waals surface area contributed by atoms with Gasteiger partial charge in [0, 0.05) is 0 Å². The number of para-hydroxylation sites is 2. The van der Waals surface area contributed by atoms with Gasteiger partial charge in [-0.15, -0.1) is 7.80 Å². The Kier molecular flexibility index (Phi) is 6.40. The van der Waals surface area contributed by atoms with Gasteiger partial charge in [-0.3, -0.25) is 0 Å². The van der Waals surface area contributed by atoms with Crippen LogP contribution in [0.1, 0.15) is 64.5 Å². The van der Waals surface area contributed by atoms with Gasteiger partial charge in [0.15, 0.2) is 7.00 Å². The quantitative estimate of drug-likeness (QED) is 0.375. The number of rotatable bonds is 6. The molecule has 1 fully saturated rings. The van der Waals surface area contributed by atoms with E-state index in [0.29, 0.717) is 17.7 Å². The van der Waals surface area contributed by atoms with E-state index in [-0.39, 0.29) is 18.1 Å². The van der Waals surface area contributed by atoms with Gasteiger partial charge in [-0.25, -0.2) is 0 Å². The molecule has 3 rings (SSSR count). The van der Waals surface area contributed by atoms with E-state index in [2.05, 4.69) is 97.1 Å². The smallest absolute Gasteiger partial charge is 0.152 e. The fraction of sp³-hybridized carbons (Fsp3) is 0.520. The normalized spacial score (nSPS) is 21.8. The third kappa shape index (κ3) is 4.66. The van der Waals surface area contributed by atoms with Crippen LogP contribution in [0.3, 0.4) is 0 Å². The first-order valence-electron chi connectivity index (χ1n) is 10.5. The number of ether oxygens (including phenoxy) is 2. The minimum absolute atomic E-state index is 0.271. The Bertz CT molecular complexity index is 770. The maximum Gasteiger partial charge on any atom is 0.152 e. The van der Waals surface area contributed by atoms with E-state index in [4.69, 9.17) is 9.47 Å². The lowest BCUT2D eigenvalue weighted by Gasteiger charge is -2.42. The summed E-state index contributed by atoms with van der Waals surface area (Å²) >= 11 is 0. The average molecular weight is 409 g/mol. The molecule has 0 saturated heterocycles. The summed E-state index contributed by atoms with van der Waals surface area (Å²) in [5.41, 5.74) is 2.62. The molecule has 2 atom stereocenters. The second-order valence-electron chi connectivity index (χ2n) is 9.97. The van der Waals surface area contributed by atoms with Gasteiger partial charge < -0.3 is 9.47 Å². The molecule has 2 unspecified atom stereocenters. The Morgan fingerprint density at radius 3 is 1.41 bits per heavy atom. The predicted molar refractivity (Wildman–Crippen MR) is 127 cm³/mol. The van der Waals surface area contributed by atoms with Gasteiger partial charge in [0.2, 0.25) is 0 Å². The average Bonchev–Trinajstić information content (AvgIpc) is 3.37. The lowest BCUT2D eigenvalue weighted by molar-refractivity contribution is 0.407. The van der Waals surface area contributed by atoms with E-state index < -0.39 is 0 Å². The number of hydrogen-bond donors (Lipinski definition) is 0. The van der Waals surface area contributed by atoms with Crippen LogP contribution in [0, 0.1) is 0 Å². The summed E-state index contributed by atoms with van der Waals surface area (Å²) < 4.78 is 11.5. The molecule has 2 nitrogen and oxygen atoms in total. The minimum Gasteiger partial charge on any atom is -0.496 e. The molecule has 1 aliphatic rings. The molecule has 0 aromatic heterocycles. The Morgan fingerprint density at radius 1 is 0.690 bits per heavy atom. The highest BCUT2D eigenvalue weighted by atomic mass is 31.1. The van der Waals surface area contributed by atoms with Crippen molar-refractivity contribution in [3.63, 3.8) is 0 Å². The first-order chi connectivity index (χ1) is 13.6. The first kappa shape index (κ1) is 22.2. The molecule has 155 valence electrons. The maximum absolute atomic E-state index is 5.74. The highest BCUT2D eigenvalue weighted by molar-refractivity contribution is 7.88. The summed E-state index contributed by atoms with van der Waals surface area (Å²) in [7, 11) is 3.26. The molecule has 0 bridgehead atoms. The van der Waals surface area contributed by atoms with E-state index >= 15 is 0 Å². The minimum atomic E-state index is -0.288. The zero-order valence-corrected chi connectivity index (χ0v) is 20.1. The summed E-state index contributed by atoms with van der Waals surface area (Å²) in [5, 5.41) is 0.541. The second-order valence-corrected chi connectivity index (χ2v) is 13.7. The van der Waals surface area contributed by atoms with Crippen LogP contribution in [0.4, 0.5) is 0 Å². The summed E-state index contributed by atoms with van der Waals surface area (Å²) in [4.78, 5) is 0. The van der Waals surface area contributed by atoms with Crippen LogP contribution in [-0.4, -0.2) is 31.5 Å². The van der Waals surface area contributed by atoms with Crippen LogP contribution in [0.5, 0.6) is 11.5 Å². The van der Waals surface area contributed by atoms with E-state index in [9.17, 15) is 0 Å². The monoisotopic (exact) mass is 409 g/mol. The largest absolute Gasteiger partial charge is 0.496 e. The molecule has 0 spiro atoms. The van der Waals surface area contributed by atoms with Crippen molar-refractivity contribution in [2.24, 2.45) is 0 Å². The third-order valence-electron chi connectivity index (χ3n) is 5.84. The predicted octanol–water partition coefficient (Wildman–Crippen LogP) is 7.07. The van der Waals surface area contributed by atoms with E-state index in [1.54, 1.807) is 14.2 Å². The summed E-state index contributed by atoms with van der Waals surface area (Å²) in [6.45, 7) is 17.0. The zero-order valence-electron chi connectivity index (χ0n) is 19.2. The van der Waals surface area contributed by atoms with E-state index in [1.165, 1.54) is 11.1 Å². The van der Waals surface area contributed by atoms with Crippen molar-refractivity contribution in [1.82, 2.24) is 0 Å². The van der Waals surface area contributed by atoms with Crippen molar-refractivity contribution in [3.8, 4) is 11.5 Å². The van der Waals surface area contributed by atoms with Crippen molar-refractivity contribution >= 4 is 14.8 Å². The molecule has 2 aromatic carbocycles. The lowest BCUT2D eigenvalue weighted by atomic mass is 9.93. The van der Waals surface area contributed by atoms with Crippen LogP contribution in [0.2, 0.25) is 5.82 Å². The van der Waals surface area contributed by atoms with Gasteiger partial charge in [0.05, 0.1) is 14.2 Å². The van der Waals surface area contributed by atoms with Gasteiger partial charge >= 0.3 is 0 Å². The van der Waals surface area contributed by atoms with Crippen molar-refractivity contribution in [3.05, 3.63) is 59.7 Å². The van der Waals surface area contributed by atoms with Crippen LogP contribution in [-0.2, 0) is 0 Å². The van der Waals surface area contributed by atoms with Crippen molar-refractivity contribution in [2.45, 2.75) is 69.5 Å². The highest BCUT2D eigenvalue weighted by Crippen LogP contribution is 2.73. The fourth-order valence-electron chi connectivity index (χ4n) is 4.83. The number of methoxy groups -OCH3 is 2. The fourth-order valence-corrected chi connectivity index (χ4v) is 8.45. The molecule has 0 heterocycles. The van der Waals surface area contributed by atoms with E-state index in [1.807, 2.05) is 0 Å². The van der Waals surface area contributed by atoms with Gasteiger partial charge in [-0.2, -0.15) is 0 Å². The Balaban J connectivity index is 2.02. The highest BCUT2D eigenvalue weighted by Gasteiger charge is 2.55. The molecular weight excluding hydrogens is 374 g/mol. The van der Waals surface area contributed by atoms with Gasteiger partial charge in [0.1, 0.15) is 11.5 Å². The van der Waals surface area contributed by atoms with Gasteiger partial charge in [0.25, 0.3) is 0 Å². The molecule has 2 aromatic rings. The van der Waals surface area contributed by atoms with Gasteiger partial charge in [-0.05, 0) is 51.2 Å². The first-order valence-corrected chi connectivity index (χ1v) is 11.9. The van der Waals surface area contributed by atoms with Crippen molar-refractivity contribution < 1.29 is 9.47 Å². The van der Waals surface area contributed by atoms with Gasteiger partial charge in [-0.1, -0.05) is 77.9 Å². The Labute approximate surface area is 179 Å². The lowest BCUT2D eigenvalue weighted by Crippen LogP contribution is -2.28. The second kappa shape index (κ2) is 8.34. The molecule has 4 heteroatoms. The molecule has 29 heavy (non-hydrogen) atoms. The Hall–Kier alpha value is -1.47. The molecule has 0 aliphatic heterocycles. The number of hydrogen-bond acceptors (Lipinski definition) is 2. The molecule has 1 radical (unpaired) electrons. The SMILES string of the molecule is COc1ccccc1C1C([B]P(C(C)(C)C)C(C)(C)C)C1c1ccccc1OC. The summed E-state index contributed by atoms with van der Waals surface area (Å²) in [6.07, 6.45) is 0. The van der Waals surface area contributed by atoms with Crippen LogP contribution >= 0.6 is 7.80 Å². The van der Waals surface area contributed by atoms with Crippen LogP contribution < -0.4 is 9.47 Å². The molecule has 0 N–H and O–H groups in total. The van der Waals surface area contributed by atoms with Crippen LogP contribution in [0.25, 0.3) is 0 Å². The zero-order chi connectivity index (χ0) is 21.4. The maximum atomic E-state index is 5.74. The van der Waals surface area contributed by atoms with Crippen molar-refractivity contribution in [2.75, 3.05) is 14.2 Å². The topological polar surface area (TPSA) is 18.5 Å². The molecule has 1 aliphatic carbocycles. The number of benzene rings is 2. The van der Waals surface area contributed by atoms with Crippen molar-refractivity contribution in [1.29, 1.82) is 0 Å². The Morgan fingerprint density at radius 2 is 1.07 bits per heavy atom. The summed E-state index contributed by atoms with van der Waals surface area (Å²) in [6, 6.07) is 17.0. The standard InChI is InChI=1S/C25H35BO2P/c1-24(2,3)29(25(4,5)6)26-23-21(17-13-9-11-15-19(17)27-7)22(23)18-14-10-12-16-20(18)28-8/h9-16,21-23H,1-8H3. The molecular formula is C25H35BO2P.